The van der Waals surface area contributed by atoms with Gasteiger partial charge in [0.1, 0.15) is 5.78 Å². The molecule has 0 aromatic carbocycles. The highest BCUT2D eigenvalue weighted by molar-refractivity contribution is 6.44. The van der Waals surface area contributed by atoms with E-state index in [1.165, 1.54) is 0 Å². The molecule has 1 N–H and O–H groups in total. The number of Topliss-reactive ketones (excluding diaryl/α,β-unsaturated/α-hetero) is 1. The molecule has 0 atom stereocenters. The lowest BCUT2D eigenvalue weighted by molar-refractivity contribution is -0.121. The minimum absolute atomic E-state index is 0.111. The molecule has 86 valence electrons. The molecule has 0 unspecified atom stereocenters. The smallest absolute Gasteiger partial charge is 0.410 e. The molecular formula is C10H20BNO3. The number of hydrogen-bond acceptors (Lipinski definition) is 4. The van der Waals surface area contributed by atoms with Crippen molar-refractivity contribution in [2.24, 2.45) is 5.92 Å². The number of nitrogens with one attached hydrogen (secondary N) is 1. The highest BCUT2D eigenvalue weighted by Gasteiger charge is 2.21. The minimum atomic E-state index is -0.199. The third kappa shape index (κ3) is 5.30. The van der Waals surface area contributed by atoms with Crippen molar-refractivity contribution in [1.82, 2.24) is 5.32 Å². The van der Waals surface area contributed by atoms with Crippen LogP contribution in [0, 0.1) is 5.92 Å². The molecule has 0 spiro atoms. The number of rotatable bonds is 4. The van der Waals surface area contributed by atoms with Gasteiger partial charge in [-0.15, -0.1) is 0 Å². The maximum Gasteiger partial charge on any atom is 0.457 e. The van der Waals surface area contributed by atoms with Gasteiger partial charge < -0.3 is 14.6 Å². The van der Waals surface area contributed by atoms with Crippen LogP contribution in [0.1, 0.15) is 20.3 Å². The van der Waals surface area contributed by atoms with Gasteiger partial charge in [-0.1, -0.05) is 13.8 Å². The second-order valence-electron chi connectivity index (χ2n) is 4.08. The van der Waals surface area contributed by atoms with Crippen molar-refractivity contribution in [3.05, 3.63) is 0 Å². The second-order valence-corrected chi connectivity index (χ2v) is 4.08. The Morgan fingerprint density at radius 1 is 1.33 bits per heavy atom. The fraction of sp³-hybridized carbons (Fsp3) is 0.900. The quantitative estimate of drug-likeness (QED) is 0.699. The Hall–Kier alpha value is -0.385. The molecule has 4 nitrogen and oxygen atoms in total. The van der Waals surface area contributed by atoms with Crippen LogP contribution in [-0.4, -0.2) is 39.2 Å². The third-order valence-corrected chi connectivity index (χ3v) is 2.44. The molecule has 5 heteroatoms. The Morgan fingerprint density at radius 2 is 1.93 bits per heavy atom. The van der Waals surface area contributed by atoms with Crippen LogP contribution in [0.4, 0.5) is 0 Å². The van der Waals surface area contributed by atoms with Crippen molar-refractivity contribution in [2.45, 2.75) is 26.6 Å². The molecule has 0 radical (unpaired) electrons. The first kappa shape index (κ1) is 12.7. The summed E-state index contributed by atoms with van der Waals surface area (Å²) in [6.45, 7) is 6.87. The molecule has 0 aromatic heterocycles. The van der Waals surface area contributed by atoms with E-state index in [2.05, 4.69) is 5.32 Å². The molecule has 1 aliphatic rings. The lowest BCUT2D eigenvalue weighted by atomic mass is 9.80. The van der Waals surface area contributed by atoms with E-state index in [-0.39, 0.29) is 18.8 Å². The van der Waals surface area contributed by atoms with Crippen LogP contribution in [0.15, 0.2) is 0 Å². The van der Waals surface area contributed by atoms with Crippen LogP contribution in [0.5, 0.6) is 0 Å². The maximum atomic E-state index is 11.4. The van der Waals surface area contributed by atoms with Gasteiger partial charge in [-0.2, -0.15) is 0 Å². The summed E-state index contributed by atoms with van der Waals surface area (Å²) in [5, 5.41) is 3.17. The average Bonchev–Trinajstić information content (AvgIpc) is 2.15. The van der Waals surface area contributed by atoms with Gasteiger partial charge in [0, 0.05) is 38.6 Å². The molecule has 15 heavy (non-hydrogen) atoms. The number of carbonyl (C=O) groups is 1. The summed E-state index contributed by atoms with van der Waals surface area (Å²) in [5.74, 6) is 0.391. The van der Waals surface area contributed by atoms with Crippen LogP contribution in [0.3, 0.4) is 0 Å². The largest absolute Gasteiger partial charge is 0.457 e. The summed E-state index contributed by atoms with van der Waals surface area (Å²) in [4.78, 5) is 11.4. The zero-order chi connectivity index (χ0) is 11.1. The van der Waals surface area contributed by atoms with Crippen LogP contribution >= 0.6 is 0 Å². The van der Waals surface area contributed by atoms with Crippen molar-refractivity contribution in [3.63, 3.8) is 0 Å². The minimum Gasteiger partial charge on any atom is -0.410 e. The summed E-state index contributed by atoms with van der Waals surface area (Å²) < 4.78 is 11.0. The van der Waals surface area contributed by atoms with Gasteiger partial charge in [0.15, 0.2) is 0 Å². The molecule has 1 saturated heterocycles. The van der Waals surface area contributed by atoms with Crippen LogP contribution < -0.4 is 5.32 Å². The highest BCUT2D eigenvalue weighted by atomic mass is 16.6. The summed E-state index contributed by atoms with van der Waals surface area (Å²) in [7, 11) is -0.199. The van der Waals surface area contributed by atoms with E-state index >= 15 is 0 Å². The fourth-order valence-corrected chi connectivity index (χ4v) is 1.41. The predicted molar refractivity (Wildman–Crippen MR) is 59.8 cm³/mol. The SMILES string of the molecule is CC(C)C(=O)CCB1OCCNCCO1. The van der Waals surface area contributed by atoms with Gasteiger partial charge in [-0.3, -0.25) is 4.79 Å². The van der Waals surface area contributed by atoms with E-state index in [4.69, 9.17) is 9.31 Å². The van der Waals surface area contributed by atoms with Gasteiger partial charge in [-0.25, -0.2) is 0 Å². The van der Waals surface area contributed by atoms with Gasteiger partial charge in [0.05, 0.1) is 0 Å². The standard InChI is InChI=1S/C10H20BNO3/c1-9(2)10(13)3-4-11-14-7-5-12-6-8-15-11/h9,12H,3-8H2,1-2H3. The lowest BCUT2D eigenvalue weighted by Crippen LogP contribution is -2.35. The average molecular weight is 213 g/mol. The summed E-state index contributed by atoms with van der Waals surface area (Å²) in [6.07, 6.45) is 1.23. The lowest BCUT2D eigenvalue weighted by Gasteiger charge is -2.18. The molecule has 1 heterocycles. The maximum absolute atomic E-state index is 11.4. The molecule has 0 aliphatic carbocycles. The van der Waals surface area contributed by atoms with Gasteiger partial charge >= 0.3 is 7.12 Å². The Kier molecular flexibility index (Phi) is 5.90. The predicted octanol–water partition coefficient (Wildman–Crippen LogP) is 0.726. The zero-order valence-electron chi connectivity index (χ0n) is 9.62. The number of hydrogen-bond donors (Lipinski definition) is 1. The zero-order valence-corrected chi connectivity index (χ0v) is 9.62. The molecule has 0 saturated carbocycles. The third-order valence-electron chi connectivity index (χ3n) is 2.44. The number of carbonyl (C=O) groups excluding carboxylic acids is 1. The van der Waals surface area contributed by atoms with Crippen molar-refractivity contribution in [3.8, 4) is 0 Å². The first-order valence-electron chi connectivity index (χ1n) is 5.67. The molecule has 0 amide bonds. The monoisotopic (exact) mass is 213 g/mol. The molecule has 1 rings (SSSR count). The normalized spacial score (nSPS) is 18.7. The highest BCUT2D eigenvalue weighted by Crippen LogP contribution is 2.07. The Bertz CT molecular complexity index is 191. The first-order valence-corrected chi connectivity index (χ1v) is 5.67. The van der Waals surface area contributed by atoms with Gasteiger partial charge in [0.25, 0.3) is 0 Å². The van der Waals surface area contributed by atoms with Crippen LogP contribution in [0.2, 0.25) is 6.32 Å². The van der Waals surface area contributed by atoms with Crippen molar-refractivity contribution in [1.29, 1.82) is 0 Å². The molecule has 0 bridgehead atoms. The molecule has 0 aromatic rings. The van der Waals surface area contributed by atoms with Crippen molar-refractivity contribution in [2.75, 3.05) is 26.3 Å². The molecule has 1 fully saturated rings. The van der Waals surface area contributed by atoms with E-state index in [0.29, 0.717) is 26.0 Å². The van der Waals surface area contributed by atoms with Gasteiger partial charge in [-0.05, 0) is 6.32 Å². The summed E-state index contributed by atoms with van der Waals surface area (Å²) in [6, 6.07) is 0. The summed E-state index contributed by atoms with van der Waals surface area (Å²) in [5.41, 5.74) is 0. The van der Waals surface area contributed by atoms with E-state index in [9.17, 15) is 4.79 Å². The molecular weight excluding hydrogens is 193 g/mol. The van der Waals surface area contributed by atoms with Gasteiger partial charge in [0.2, 0.25) is 0 Å². The molecule has 1 aliphatic heterocycles. The van der Waals surface area contributed by atoms with Crippen LogP contribution in [0.25, 0.3) is 0 Å². The van der Waals surface area contributed by atoms with Crippen molar-refractivity contribution < 1.29 is 14.1 Å². The van der Waals surface area contributed by atoms with Crippen LogP contribution in [-0.2, 0) is 14.1 Å². The Labute approximate surface area is 91.8 Å². The Morgan fingerprint density at radius 3 is 2.47 bits per heavy atom. The van der Waals surface area contributed by atoms with E-state index < -0.39 is 0 Å². The second kappa shape index (κ2) is 6.98. The van der Waals surface area contributed by atoms with E-state index in [0.717, 1.165) is 13.1 Å². The van der Waals surface area contributed by atoms with Crippen molar-refractivity contribution >= 4 is 12.9 Å². The fourth-order valence-electron chi connectivity index (χ4n) is 1.41. The summed E-state index contributed by atoms with van der Waals surface area (Å²) >= 11 is 0. The Balaban J connectivity index is 2.20. The number of ketones is 1. The first-order chi connectivity index (χ1) is 7.20. The topological polar surface area (TPSA) is 47.6 Å². The van der Waals surface area contributed by atoms with E-state index in [1.54, 1.807) is 0 Å². The van der Waals surface area contributed by atoms with E-state index in [1.807, 2.05) is 13.8 Å².